The fourth-order valence-corrected chi connectivity index (χ4v) is 2.77. The maximum atomic E-state index is 12.9. The molecule has 1 aliphatic heterocycles. The van der Waals surface area contributed by atoms with Crippen LogP contribution in [0.1, 0.15) is 12.8 Å². The standard InChI is InChI=1S/C17H27FN2O2.ClH/c1-21-12-10-20(14-15-6-8-19-9-7-15)11-13-22-17-4-2-16(18)3-5-17;/h2-5,15,19H,6-14H2,1H3;1H. The zero-order valence-corrected chi connectivity index (χ0v) is 14.6. The number of methoxy groups -OCH3 is 1. The van der Waals surface area contributed by atoms with Gasteiger partial charge >= 0.3 is 0 Å². The largest absolute Gasteiger partial charge is 0.492 e. The minimum absolute atomic E-state index is 0. The van der Waals surface area contributed by atoms with Crippen molar-refractivity contribution in [2.45, 2.75) is 12.8 Å². The number of nitrogens with one attached hydrogen (secondary N) is 1. The van der Waals surface area contributed by atoms with E-state index >= 15 is 0 Å². The van der Waals surface area contributed by atoms with Crippen molar-refractivity contribution >= 4 is 12.4 Å². The molecule has 1 N–H and O–H groups in total. The first-order valence-corrected chi connectivity index (χ1v) is 8.08. The topological polar surface area (TPSA) is 33.7 Å². The van der Waals surface area contributed by atoms with Crippen molar-refractivity contribution in [1.82, 2.24) is 10.2 Å². The molecule has 0 amide bonds. The maximum absolute atomic E-state index is 12.9. The zero-order chi connectivity index (χ0) is 15.6. The summed E-state index contributed by atoms with van der Waals surface area (Å²) in [7, 11) is 1.73. The molecule has 2 rings (SSSR count). The highest BCUT2D eigenvalue weighted by Crippen LogP contribution is 2.14. The average Bonchev–Trinajstić information content (AvgIpc) is 2.55. The summed E-state index contributed by atoms with van der Waals surface area (Å²) in [4.78, 5) is 2.41. The Balaban J connectivity index is 0.00000264. The van der Waals surface area contributed by atoms with Crippen LogP contribution in [0, 0.1) is 11.7 Å². The van der Waals surface area contributed by atoms with Crippen LogP contribution in [0.2, 0.25) is 0 Å². The summed E-state index contributed by atoms with van der Waals surface area (Å²) in [5, 5.41) is 3.40. The molecule has 1 aliphatic rings. The monoisotopic (exact) mass is 346 g/mol. The van der Waals surface area contributed by atoms with Gasteiger partial charge in [0.2, 0.25) is 0 Å². The van der Waals surface area contributed by atoms with Crippen LogP contribution in [-0.4, -0.2) is 57.9 Å². The SMILES string of the molecule is COCCN(CCOc1ccc(F)cc1)CC1CCNCC1.Cl. The van der Waals surface area contributed by atoms with Gasteiger partial charge in [-0.15, -0.1) is 12.4 Å². The van der Waals surface area contributed by atoms with E-state index < -0.39 is 0 Å². The average molecular weight is 347 g/mol. The first kappa shape index (κ1) is 20.2. The molecule has 1 aromatic rings. The van der Waals surface area contributed by atoms with E-state index in [9.17, 15) is 4.39 Å². The van der Waals surface area contributed by atoms with Gasteiger partial charge in [0.25, 0.3) is 0 Å². The fourth-order valence-electron chi connectivity index (χ4n) is 2.77. The van der Waals surface area contributed by atoms with Crippen LogP contribution in [0.25, 0.3) is 0 Å². The third-order valence-electron chi connectivity index (χ3n) is 4.08. The molecule has 132 valence electrons. The minimum atomic E-state index is -0.236. The maximum Gasteiger partial charge on any atom is 0.123 e. The molecule has 0 atom stereocenters. The van der Waals surface area contributed by atoms with Gasteiger partial charge in [-0.05, 0) is 56.1 Å². The summed E-state index contributed by atoms with van der Waals surface area (Å²) in [6, 6.07) is 6.18. The zero-order valence-electron chi connectivity index (χ0n) is 13.8. The van der Waals surface area contributed by atoms with E-state index in [2.05, 4.69) is 10.2 Å². The van der Waals surface area contributed by atoms with Crippen LogP contribution in [0.15, 0.2) is 24.3 Å². The third kappa shape index (κ3) is 7.97. The van der Waals surface area contributed by atoms with E-state index in [1.165, 1.54) is 25.0 Å². The normalized spacial score (nSPS) is 15.4. The van der Waals surface area contributed by atoms with Gasteiger partial charge in [0.05, 0.1) is 6.61 Å². The molecule has 0 saturated carbocycles. The fraction of sp³-hybridized carbons (Fsp3) is 0.647. The Kier molecular flexibility index (Phi) is 10.2. The van der Waals surface area contributed by atoms with Gasteiger partial charge in [-0.3, -0.25) is 4.90 Å². The Morgan fingerprint density at radius 3 is 2.43 bits per heavy atom. The van der Waals surface area contributed by atoms with Gasteiger partial charge in [-0.25, -0.2) is 4.39 Å². The van der Waals surface area contributed by atoms with E-state index in [0.717, 1.165) is 51.0 Å². The number of hydrogen-bond acceptors (Lipinski definition) is 4. The number of ether oxygens (including phenoxy) is 2. The molecule has 0 spiro atoms. The van der Waals surface area contributed by atoms with Crippen molar-refractivity contribution in [2.24, 2.45) is 5.92 Å². The van der Waals surface area contributed by atoms with Crippen LogP contribution in [0.3, 0.4) is 0 Å². The van der Waals surface area contributed by atoms with Crippen molar-refractivity contribution in [3.8, 4) is 5.75 Å². The lowest BCUT2D eigenvalue weighted by atomic mass is 9.97. The molecule has 0 radical (unpaired) electrons. The second-order valence-corrected chi connectivity index (χ2v) is 5.79. The number of hydrogen-bond donors (Lipinski definition) is 1. The highest BCUT2D eigenvalue weighted by Gasteiger charge is 2.16. The molecule has 4 nitrogen and oxygen atoms in total. The molecular weight excluding hydrogens is 319 g/mol. The molecular formula is C17H28ClFN2O2. The predicted molar refractivity (Wildman–Crippen MR) is 93.1 cm³/mol. The summed E-state index contributed by atoms with van der Waals surface area (Å²) < 4.78 is 23.8. The van der Waals surface area contributed by atoms with Gasteiger partial charge in [0.1, 0.15) is 18.2 Å². The third-order valence-corrected chi connectivity index (χ3v) is 4.08. The molecule has 0 unspecified atom stereocenters. The van der Waals surface area contributed by atoms with Gasteiger partial charge in [-0.2, -0.15) is 0 Å². The smallest absolute Gasteiger partial charge is 0.123 e. The minimum Gasteiger partial charge on any atom is -0.492 e. The first-order valence-electron chi connectivity index (χ1n) is 8.08. The molecule has 6 heteroatoms. The van der Waals surface area contributed by atoms with Crippen molar-refractivity contribution in [2.75, 3.05) is 53.0 Å². The predicted octanol–water partition coefficient (Wildman–Crippen LogP) is 2.57. The summed E-state index contributed by atoms with van der Waals surface area (Å²) >= 11 is 0. The summed E-state index contributed by atoms with van der Waals surface area (Å²) in [6.07, 6.45) is 2.48. The van der Waals surface area contributed by atoms with Crippen LogP contribution in [-0.2, 0) is 4.74 Å². The van der Waals surface area contributed by atoms with Crippen LogP contribution < -0.4 is 10.1 Å². The molecule has 23 heavy (non-hydrogen) atoms. The number of benzene rings is 1. The molecule has 0 bridgehead atoms. The Morgan fingerprint density at radius 1 is 1.13 bits per heavy atom. The Morgan fingerprint density at radius 2 is 1.78 bits per heavy atom. The van der Waals surface area contributed by atoms with E-state index in [1.54, 1.807) is 19.2 Å². The second kappa shape index (κ2) is 11.6. The number of halogens is 2. The number of nitrogens with zero attached hydrogens (tertiary/aromatic N) is 1. The van der Waals surface area contributed by atoms with E-state index in [1.807, 2.05) is 0 Å². The van der Waals surface area contributed by atoms with Crippen LogP contribution in [0.4, 0.5) is 4.39 Å². The molecule has 1 aromatic carbocycles. The van der Waals surface area contributed by atoms with E-state index in [-0.39, 0.29) is 18.2 Å². The second-order valence-electron chi connectivity index (χ2n) is 5.79. The molecule has 0 aromatic heterocycles. The summed E-state index contributed by atoms with van der Waals surface area (Å²) in [6.45, 7) is 6.47. The van der Waals surface area contributed by atoms with Gasteiger partial charge in [0.15, 0.2) is 0 Å². The lowest BCUT2D eigenvalue weighted by molar-refractivity contribution is 0.117. The van der Waals surface area contributed by atoms with Gasteiger partial charge in [-0.1, -0.05) is 0 Å². The summed E-state index contributed by atoms with van der Waals surface area (Å²) in [5.41, 5.74) is 0. The first-order chi connectivity index (χ1) is 10.8. The van der Waals surface area contributed by atoms with Crippen molar-refractivity contribution in [1.29, 1.82) is 0 Å². The Labute approximate surface area is 144 Å². The molecule has 0 aliphatic carbocycles. The highest BCUT2D eigenvalue weighted by atomic mass is 35.5. The van der Waals surface area contributed by atoms with E-state index in [0.29, 0.717) is 6.61 Å². The van der Waals surface area contributed by atoms with Crippen molar-refractivity contribution < 1.29 is 13.9 Å². The number of piperidine rings is 1. The highest BCUT2D eigenvalue weighted by molar-refractivity contribution is 5.85. The molecule has 1 fully saturated rings. The van der Waals surface area contributed by atoms with Crippen LogP contribution >= 0.6 is 12.4 Å². The summed E-state index contributed by atoms with van der Waals surface area (Å²) in [5.74, 6) is 1.24. The molecule has 1 heterocycles. The van der Waals surface area contributed by atoms with E-state index in [4.69, 9.17) is 9.47 Å². The Bertz CT molecular complexity index is 414. The van der Waals surface area contributed by atoms with Crippen molar-refractivity contribution in [3.63, 3.8) is 0 Å². The molecule has 1 saturated heterocycles. The lowest BCUT2D eigenvalue weighted by Crippen LogP contribution is -2.39. The van der Waals surface area contributed by atoms with Crippen LogP contribution in [0.5, 0.6) is 5.75 Å². The van der Waals surface area contributed by atoms with Gasteiger partial charge < -0.3 is 14.8 Å². The quantitative estimate of drug-likeness (QED) is 0.745. The number of rotatable bonds is 9. The van der Waals surface area contributed by atoms with Crippen molar-refractivity contribution in [3.05, 3.63) is 30.1 Å². The lowest BCUT2D eigenvalue weighted by Gasteiger charge is -2.29. The van der Waals surface area contributed by atoms with Gasteiger partial charge in [0, 0.05) is 26.7 Å². The Hall–Kier alpha value is -0.880.